The normalized spacial score (nSPS) is 13.8. The highest BCUT2D eigenvalue weighted by atomic mass is 19.4. The quantitative estimate of drug-likeness (QED) is 0.153. The van der Waals surface area contributed by atoms with Crippen LogP contribution in [-0.2, 0) is 25.2 Å². The third-order valence-electron chi connectivity index (χ3n) is 15.5. The van der Waals surface area contributed by atoms with Gasteiger partial charge in [-0.3, -0.25) is 0 Å². The Morgan fingerprint density at radius 2 is 0.868 bits per heavy atom. The van der Waals surface area contributed by atoms with Crippen molar-refractivity contribution in [3.05, 3.63) is 246 Å². The number of alkyl halides is 6. The van der Waals surface area contributed by atoms with Crippen molar-refractivity contribution in [1.29, 1.82) is 5.26 Å². The summed E-state index contributed by atoms with van der Waals surface area (Å²) in [6.07, 6.45) is -8.58. The molecule has 0 saturated carbocycles. The van der Waals surface area contributed by atoms with Crippen LogP contribution < -0.4 is 0 Å². The third kappa shape index (κ3) is 7.06. The molecule has 0 bridgehead atoms. The second-order valence-corrected chi connectivity index (χ2v) is 19.8. The first-order valence-electron chi connectivity index (χ1n) is 25.0. The number of benzene rings is 10. The fourth-order valence-corrected chi connectivity index (χ4v) is 12.2. The molecule has 10 aromatic carbocycles. The Morgan fingerprint density at radius 3 is 1.43 bits per heavy atom. The monoisotopic (exact) mass is 1000 g/mol. The number of hydrogen-bond donors (Lipinski definition) is 0. The number of hydrogen-bond acceptors (Lipinski definition) is 1. The molecule has 0 amide bonds. The minimum absolute atomic E-state index is 0.0622. The van der Waals surface area contributed by atoms with Gasteiger partial charge in [0.2, 0.25) is 0 Å². The lowest BCUT2D eigenvalue weighted by Gasteiger charge is -2.28. The molecule has 1 aliphatic rings. The van der Waals surface area contributed by atoms with Crippen molar-refractivity contribution in [2.75, 3.05) is 0 Å². The van der Waals surface area contributed by atoms with Crippen LogP contribution in [0.2, 0.25) is 0 Å². The molecule has 76 heavy (non-hydrogen) atoms. The van der Waals surface area contributed by atoms with E-state index in [9.17, 15) is 31.6 Å². The Kier molecular flexibility index (Phi) is 10.0. The van der Waals surface area contributed by atoms with Gasteiger partial charge in [-0.25, -0.2) is 0 Å². The Balaban J connectivity index is 1.01. The maximum absolute atomic E-state index is 14.7. The van der Waals surface area contributed by atoms with E-state index in [1.54, 1.807) is 12.1 Å². The van der Waals surface area contributed by atoms with Crippen molar-refractivity contribution >= 4 is 65.4 Å². The van der Waals surface area contributed by atoms with Crippen LogP contribution >= 0.6 is 0 Å². The first kappa shape index (κ1) is 45.3. The van der Waals surface area contributed by atoms with Gasteiger partial charge in [-0.1, -0.05) is 127 Å². The Labute approximate surface area is 431 Å². The van der Waals surface area contributed by atoms with Crippen LogP contribution in [0, 0.1) is 11.3 Å². The summed E-state index contributed by atoms with van der Waals surface area (Å²) in [6.45, 7) is 0. The van der Waals surface area contributed by atoms with Gasteiger partial charge in [0.25, 0.3) is 0 Å². The maximum atomic E-state index is 14.7. The molecule has 13 aromatic rings. The van der Waals surface area contributed by atoms with Crippen LogP contribution in [0.1, 0.15) is 39.3 Å². The molecule has 1 atom stereocenters. The summed E-state index contributed by atoms with van der Waals surface area (Å²) in [5, 5.41) is 17.2. The topological polar surface area (TPSA) is 38.6 Å². The number of nitrogens with zero attached hydrogens (tertiary/aromatic N) is 4. The van der Waals surface area contributed by atoms with Crippen LogP contribution in [0.5, 0.6) is 0 Å². The molecular formula is C66H40F6N4. The highest BCUT2D eigenvalue weighted by molar-refractivity contribution is 6.13. The highest BCUT2D eigenvalue weighted by Gasteiger charge is 2.37. The van der Waals surface area contributed by atoms with E-state index in [2.05, 4.69) is 102 Å². The predicted octanol–water partition coefficient (Wildman–Crippen LogP) is 18.1. The van der Waals surface area contributed by atoms with Gasteiger partial charge in [0.1, 0.15) is 11.6 Å². The van der Waals surface area contributed by atoms with Gasteiger partial charge in [-0.15, -0.1) is 0 Å². The van der Waals surface area contributed by atoms with E-state index in [-0.39, 0.29) is 34.4 Å². The summed E-state index contributed by atoms with van der Waals surface area (Å²) in [7, 11) is 0. The lowest BCUT2D eigenvalue weighted by atomic mass is 9.76. The van der Waals surface area contributed by atoms with Gasteiger partial charge < -0.3 is 13.7 Å². The van der Waals surface area contributed by atoms with Gasteiger partial charge in [0.05, 0.1) is 55.6 Å². The Hall–Kier alpha value is -9.33. The molecule has 366 valence electrons. The van der Waals surface area contributed by atoms with Crippen LogP contribution in [0.15, 0.2) is 212 Å². The molecule has 0 N–H and O–H groups in total. The van der Waals surface area contributed by atoms with Crippen molar-refractivity contribution in [1.82, 2.24) is 13.7 Å². The Morgan fingerprint density at radius 1 is 0.421 bits per heavy atom. The standard InChI is InChI=1S/C66H40F6N4/c67-65(68,69)44-32-41(33-45(36-44)66(70,71)72)42-34-63(75-59-23-11-7-19-52(59)54-30-39(25-27-61(54)75)29-43-31-40-13-1-2-14-47(40)49-16-4-3-15-48(43)49)56(38-73)64(35-42)76-60-24-12-8-20-53(60)55-37-46(26-28-62(55)76)74-57-21-9-5-17-50(57)51-18-6-10-22-58(51)74/h1-28,30,32-37,43H,29,31H2. The molecule has 1 aliphatic carbocycles. The number of nitriles is 1. The number of para-hydroxylation sites is 4. The largest absolute Gasteiger partial charge is 0.416 e. The van der Waals surface area contributed by atoms with Crippen molar-refractivity contribution in [3.63, 3.8) is 0 Å². The molecule has 1 unspecified atom stereocenters. The molecule has 0 fully saturated rings. The third-order valence-corrected chi connectivity index (χ3v) is 15.5. The highest BCUT2D eigenvalue weighted by Crippen LogP contribution is 2.46. The molecule has 0 aliphatic heterocycles. The second kappa shape index (κ2) is 16.8. The van der Waals surface area contributed by atoms with E-state index in [0.29, 0.717) is 22.2 Å². The first-order valence-corrected chi connectivity index (χ1v) is 25.0. The summed E-state index contributed by atoms with van der Waals surface area (Å²) in [5.74, 6) is 0.194. The molecule has 0 radical (unpaired) electrons. The average Bonchev–Trinajstić information content (AvgIpc) is 4.08. The van der Waals surface area contributed by atoms with E-state index in [1.807, 2.05) is 100 Å². The van der Waals surface area contributed by atoms with E-state index in [0.717, 1.165) is 85.1 Å². The molecule has 14 rings (SSSR count). The summed E-state index contributed by atoms with van der Waals surface area (Å²) >= 11 is 0. The van der Waals surface area contributed by atoms with Gasteiger partial charge >= 0.3 is 12.4 Å². The number of fused-ring (bicyclic) bond motifs is 12. The lowest BCUT2D eigenvalue weighted by molar-refractivity contribution is -0.143. The van der Waals surface area contributed by atoms with Crippen molar-refractivity contribution in [3.8, 4) is 45.4 Å². The molecule has 3 aromatic heterocycles. The fourth-order valence-electron chi connectivity index (χ4n) is 12.2. The van der Waals surface area contributed by atoms with Gasteiger partial charge in [-0.2, -0.15) is 31.6 Å². The molecular weight excluding hydrogens is 963 g/mol. The Bertz CT molecular complexity index is 4510. The lowest BCUT2D eigenvalue weighted by Crippen LogP contribution is -2.13. The predicted molar refractivity (Wildman–Crippen MR) is 292 cm³/mol. The van der Waals surface area contributed by atoms with E-state index in [4.69, 9.17) is 0 Å². The zero-order valence-corrected chi connectivity index (χ0v) is 40.3. The van der Waals surface area contributed by atoms with E-state index in [1.165, 1.54) is 22.3 Å². The summed E-state index contributed by atoms with van der Waals surface area (Å²) in [6, 6.07) is 68.5. The molecule has 10 heteroatoms. The molecule has 0 spiro atoms. The minimum atomic E-state index is -5.09. The van der Waals surface area contributed by atoms with Crippen molar-refractivity contribution in [2.24, 2.45) is 0 Å². The van der Waals surface area contributed by atoms with Gasteiger partial charge in [0.15, 0.2) is 0 Å². The number of halogens is 6. The average molecular weight is 1000 g/mol. The van der Waals surface area contributed by atoms with Crippen molar-refractivity contribution < 1.29 is 26.3 Å². The second-order valence-electron chi connectivity index (χ2n) is 19.8. The fraction of sp³-hybridized carbons (Fsp3) is 0.0758. The maximum Gasteiger partial charge on any atom is 0.416 e. The van der Waals surface area contributed by atoms with Crippen LogP contribution in [0.3, 0.4) is 0 Å². The smallest absolute Gasteiger partial charge is 0.309 e. The summed E-state index contributed by atoms with van der Waals surface area (Å²) < 4.78 is 94.1. The molecule has 0 saturated heterocycles. The van der Waals surface area contributed by atoms with Crippen LogP contribution in [-0.4, -0.2) is 13.7 Å². The molecule has 3 heterocycles. The van der Waals surface area contributed by atoms with Crippen molar-refractivity contribution in [2.45, 2.75) is 31.1 Å². The SMILES string of the molecule is N#Cc1c(-n2c3ccccc3c3cc(CC4Cc5ccccc5-c5ccccc54)ccc32)cc(-c2cc(C(F)(F)F)cc(C(F)(F)F)c2)cc1-n1c2ccccc2c2cc(-n3c4ccccc4c4ccccc43)ccc21. The van der Waals surface area contributed by atoms with Crippen LogP contribution in [0.25, 0.3) is 105 Å². The van der Waals surface area contributed by atoms with Gasteiger partial charge in [-0.05, 0) is 143 Å². The van der Waals surface area contributed by atoms with Gasteiger partial charge in [0, 0.05) is 38.0 Å². The van der Waals surface area contributed by atoms with Crippen LogP contribution in [0.4, 0.5) is 26.3 Å². The van der Waals surface area contributed by atoms with E-state index >= 15 is 0 Å². The van der Waals surface area contributed by atoms with E-state index < -0.39 is 23.5 Å². The minimum Gasteiger partial charge on any atom is -0.309 e. The summed E-state index contributed by atoms with van der Waals surface area (Å²) in [5.41, 5.74) is 9.49. The first-order chi connectivity index (χ1) is 36.9. The zero-order chi connectivity index (χ0) is 51.6. The number of rotatable bonds is 6. The zero-order valence-electron chi connectivity index (χ0n) is 40.3. The molecule has 4 nitrogen and oxygen atoms in total. The summed E-state index contributed by atoms with van der Waals surface area (Å²) in [4.78, 5) is 0. The number of aromatic nitrogens is 3.